The third-order valence-corrected chi connectivity index (χ3v) is 2.30. The monoisotopic (exact) mass is 262 g/mol. The van der Waals surface area contributed by atoms with Gasteiger partial charge in [-0.2, -0.15) is 0 Å². The van der Waals surface area contributed by atoms with E-state index in [1.165, 1.54) is 0 Å². The standard InChI is InChI=1S/C12H14N4O3/c1-18-9-2-4-10(5-3-9)19-7-6-13-12-15-11(17)8-14-16-12/h2-5,8H,6-7H2,1H3,(H2,13,15,16,17). The van der Waals surface area contributed by atoms with Gasteiger partial charge in [0.2, 0.25) is 5.95 Å². The highest BCUT2D eigenvalue weighted by molar-refractivity contribution is 5.31. The molecule has 0 aliphatic rings. The average Bonchev–Trinajstić information content (AvgIpc) is 2.44. The first kappa shape index (κ1) is 12.9. The van der Waals surface area contributed by atoms with E-state index in [2.05, 4.69) is 20.5 Å². The smallest absolute Gasteiger partial charge is 0.271 e. The predicted octanol–water partition coefficient (Wildman–Crippen LogP) is 0.664. The lowest BCUT2D eigenvalue weighted by Crippen LogP contribution is -2.17. The van der Waals surface area contributed by atoms with E-state index in [9.17, 15) is 4.79 Å². The summed E-state index contributed by atoms with van der Waals surface area (Å²) in [7, 11) is 1.61. The van der Waals surface area contributed by atoms with Crippen LogP contribution in [0.5, 0.6) is 11.5 Å². The van der Waals surface area contributed by atoms with Crippen molar-refractivity contribution in [3.05, 3.63) is 40.8 Å². The van der Waals surface area contributed by atoms with Gasteiger partial charge < -0.3 is 14.8 Å². The highest BCUT2D eigenvalue weighted by Gasteiger charge is 1.97. The maximum absolute atomic E-state index is 11.0. The van der Waals surface area contributed by atoms with Gasteiger partial charge in [0.15, 0.2) is 0 Å². The molecular formula is C12H14N4O3. The number of aromatic nitrogens is 3. The number of anilines is 1. The number of aromatic amines is 1. The number of H-pyrrole nitrogens is 1. The fourth-order valence-electron chi connectivity index (χ4n) is 1.40. The zero-order chi connectivity index (χ0) is 13.5. The van der Waals surface area contributed by atoms with Crippen LogP contribution in [0, 0.1) is 0 Å². The molecule has 2 aromatic rings. The molecule has 1 aromatic carbocycles. The second-order valence-corrected chi connectivity index (χ2v) is 3.63. The van der Waals surface area contributed by atoms with Crippen molar-refractivity contribution in [2.75, 3.05) is 25.6 Å². The van der Waals surface area contributed by atoms with Crippen molar-refractivity contribution >= 4 is 5.95 Å². The Hall–Kier alpha value is -2.57. The number of nitrogens with one attached hydrogen (secondary N) is 2. The molecule has 0 amide bonds. The third-order valence-electron chi connectivity index (χ3n) is 2.30. The Morgan fingerprint density at radius 3 is 2.68 bits per heavy atom. The SMILES string of the molecule is COc1ccc(OCCNc2nncc(=O)[nH]2)cc1. The molecule has 0 aliphatic carbocycles. The minimum absolute atomic E-state index is 0.298. The van der Waals surface area contributed by atoms with Crippen LogP contribution in [0.25, 0.3) is 0 Å². The Morgan fingerprint density at radius 2 is 2.00 bits per heavy atom. The number of ether oxygens (including phenoxy) is 2. The molecule has 0 saturated heterocycles. The molecule has 2 rings (SSSR count). The van der Waals surface area contributed by atoms with E-state index in [1.54, 1.807) is 7.11 Å². The molecule has 0 aliphatic heterocycles. The Bertz CT molecular complexity index is 568. The normalized spacial score (nSPS) is 9.95. The highest BCUT2D eigenvalue weighted by Crippen LogP contribution is 2.16. The van der Waals surface area contributed by atoms with Gasteiger partial charge in [0.05, 0.1) is 13.7 Å². The molecule has 0 unspecified atom stereocenters. The average molecular weight is 262 g/mol. The summed E-state index contributed by atoms with van der Waals surface area (Å²) in [4.78, 5) is 13.5. The molecule has 0 bridgehead atoms. The van der Waals surface area contributed by atoms with Crippen LogP contribution in [0.15, 0.2) is 35.3 Å². The first-order valence-electron chi connectivity index (χ1n) is 5.70. The lowest BCUT2D eigenvalue weighted by Gasteiger charge is -2.07. The molecular weight excluding hydrogens is 248 g/mol. The van der Waals surface area contributed by atoms with Gasteiger partial charge in [-0.3, -0.25) is 9.78 Å². The second kappa shape index (κ2) is 6.39. The molecule has 0 spiro atoms. The quantitative estimate of drug-likeness (QED) is 0.743. The van der Waals surface area contributed by atoms with Crippen molar-refractivity contribution in [2.24, 2.45) is 0 Å². The van der Waals surface area contributed by atoms with Crippen LogP contribution in [0.4, 0.5) is 5.95 Å². The molecule has 1 aromatic heterocycles. The molecule has 2 N–H and O–H groups in total. The molecule has 0 atom stereocenters. The van der Waals surface area contributed by atoms with Gasteiger partial charge in [-0.1, -0.05) is 0 Å². The van der Waals surface area contributed by atoms with E-state index in [0.29, 0.717) is 19.1 Å². The van der Waals surface area contributed by atoms with Crippen molar-refractivity contribution in [2.45, 2.75) is 0 Å². The molecule has 7 heteroatoms. The zero-order valence-corrected chi connectivity index (χ0v) is 10.4. The number of nitrogens with zero attached hydrogens (tertiary/aromatic N) is 2. The second-order valence-electron chi connectivity index (χ2n) is 3.63. The van der Waals surface area contributed by atoms with Crippen LogP contribution >= 0.6 is 0 Å². The Morgan fingerprint density at radius 1 is 1.26 bits per heavy atom. The number of benzene rings is 1. The lowest BCUT2D eigenvalue weighted by atomic mass is 10.3. The van der Waals surface area contributed by atoms with Crippen LogP contribution in [-0.2, 0) is 0 Å². The maximum atomic E-state index is 11.0. The van der Waals surface area contributed by atoms with Gasteiger partial charge in [-0.05, 0) is 24.3 Å². The fourth-order valence-corrected chi connectivity index (χ4v) is 1.40. The summed E-state index contributed by atoms with van der Waals surface area (Å²) in [6, 6.07) is 7.29. The molecule has 19 heavy (non-hydrogen) atoms. The summed E-state index contributed by atoms with van der Waals surface area (Å²) in [6.07, 6.45) is 1.11. The first-order valence-corrected chi connectivity index (χ1v) is 5.70. The minimum Gasteiger partial charge on any atom is -0.497 e. The van der Waals surface area contributed by atoms with Crippen molar-refractivity contribution in [1.29, 1.82) is 0 Å². The Kier molecular flexibility index (Phi) is 4.33. The van der Waals surface area contributed by atoms with Crippen molar-refractivity contribution < 1.29 is 9.47 Å². The van der Waals surface area contributed by atoms with Gasteiger partial charge >= 0.3 is 0 Å². The molecule has 0 radical (unpaired) electrons. The van der Waals surface area contributed by atoms with Gasteiger partial charge in [0.25, 0.3) is 5.56 Å². The van der Waals surface area contributed by atoms with Crippen LogP contribution in [0.3, 0.4) is 0 Å². The molecule has 1 heterocycles. The van der Waals surface area contributed by atoms with E-state index in [1.807, 2.05) is 24.3 Å². The number of hydrogen-bond acceptors (Lipinski definition) is 6. The van der Waals surface area contributed by atoms with Crippen LogP contribution in [-0.4, -0.2) is 35.4 Å². The summed E-state index contributed by atoms with van der Waals surface area (Å²) in [5.41, 5.74) is -0.298. The van der Waals surface area contributed by atoms with E-state index in [4.69, 9.17) is 9.47 Å². The van der Waals surface area contributed by atoms with E-state index >= 15 is 0 Å². The van der Waals surface area contributed by atoms with Gasteiger partial charge in [-0.15, -0.1) is 10.2 Å². The van der Waals surface area contributed by atoms with E-state index in [-0.39, 0.29) is 5.56 Å². The minimum atomic E-state index is -0.298. The molecule has 0 fully saturated rings. The van der Waals surface area contributed by atoms with Crippen molar-refractivity contribution in [3.8, 4) is 11.5 Å². The van der Waals surface area contributed by atoms with Crippen LogP contribution in [0.2, 0.25) is 0 Å². The Labute approximate surface area is 109 Å². The first-order chi connectivity index (χ1) is 9.28. The number of methoxy groups -OCH3 is 1. The Balaban J connectivity index is 1.75. The highest BCUT2D eigenvalue weighted by atomic mass is 16.5. The van der Waals surface area contributed by atoms with Crippen molar-refractivity contribution in [1.82, 2.24) is 15.2 Å². The zero-order valence-electron chi connectivity index (χ0n) is 10.4. The summed E-state index contributed by atoms with van der Waals surface area (Å²) in [5.74, 6) is 1.85. The third kappa shape index (κ3) is 3.98. The molecule has 100 valence electrons. The maximum Gasteiger partial charge on any atom is 0.271 e. The molecule has 0 saturated carbocycles. The largest absolute Gasteiger partial charge is 0.497 e. The summed E-state index contributed by atoms with van der Waals surface area (Å²) >= 11 is 0. The van der Waals surface area contributed by atoms with E-state index in [0.717, 1.165) is 17.7 Å². The van der Waals surface area contributed by atoms with Crippen LogP contribution < -0.4 is 20.3 Å². The summed E-state index contributed by atoms with van der Waals surface area (Å²) < 4.78 is 10.5. The van der Waals surface area contributed by atoms with Gasteiger partial charge in [0, 0.05) is 0 Å². The molecule has 7 nitrogen and oxygen atoms in total. The summed E-state index contributed by atoms with van der Waals surface area (Å²) in [5, 5.41) is 10.1. The van der Waals surface area contributed by atoms with E-state index < -0.39 is 0 Å². The van der Waals surface area contributed by atoms with Gasteiger partial charge in [0.1, 0.15) is 24.3 Å². The topological polar surface area (TPSA) is 89.1 Å². The summed E-state index contributed by atoms with van der Waals surface area (Å²) in [6.45, 7) is 0.936. The fraction of sp³-hybridized carbons (Fsp3) is 0.250. The number of rotatable bonds is 6. The lowest BCUT2D eigenvalue weighted by molar-refractivity contribution is 0.331. The van der Waals surface area contributed by atoms with Crippen LogP contribution in [0.1, 0.15) is 0 Å². The van der Waals surface area contributed by atoms with Gasteiger partial charge in [-0.25, -0.2) is 0 Å². The van der Waals surface area contributed by atoms with Crippen molar-refractivity contribution in [3.63, 3.8) is 0 Å². The predicted molar refractivity (Wildman–Crippen MR) is 69.6 cm³/mol. The number of hydrogen-bond donors (Lipinski definition) is 2.